The van der Waals surface area contributed by atoms with Crippen LogP contribution in [0.4, 0.5) is 5.95 Å². The smallest absolute Gasteiger partial charge is 0.333 e. The SMILES string of the molecule is CC#CCn1c(N2CCNCC2)nc2c1c(=O)n(C)c(=O)n2C1CCN(C)C1=O. The van der Waals surface area contributed by atoms with E-state index in [1.165, 1.54) is 11.6 Å². The molecule has 2 saturated heterocycles. The van der Waals surface area contributed by atoms with Crippen LogP contribution in [0.5, 0.6) is 0 Å². The number of rotatable bonds is 3. The van der Waals surface area contributed by atoms with Crippen molar-refractivity contribution < 1.29 is 4.79 Å². The number of fused-ring (bicyclic) bond motifs is 1. The number of amides is 1. The molecular formula is C19H25N7O3. The summed E-state index contributed by atoms with van der Waals surface area (Å²) in [4.78, 5) is 47.1. The minimum atomic E-state index is -0.654. The van der Waals surface area contributed by atoms with Gasteiger partial charge in [-0.3, -0.25) is 23.3 Å². The van der Waals surface area contributed by atoms with E-state index < -0.39 is 17.3 Å². The number of aromatic nitrogens is 4. The van der Waals surface area contributed by atoms with Gasteiger partial charge >= 0.3 is 5.69 Å². The normalized spacial score (nSPS) is 19.7. The van der Waals surface area contributed by atoms with Gasteiger partial charge in [0.1, 0.15) is 6.04 Å². The fourth-order valence-corrected chi connectivity index (χ4v) is 4.04. The fraction of sp³-hybridized carbons (Fsp3) is 0.579. The van der Waals surface area contributed by atoms with Gasteiger partial charge in [0.15, 0.2) is 11.2 Å². The lowest BCUT2D eigenvalue weighted by molar-refractivity contribution is -0.129. The molecule has 1 N–H and O–H groups in total. The van der Waals surface area contributed by atoms with Gasteiger partial charge in [-0.25, -0.2) is 4.79 Å². The number of hydrogen-bond acceptors (Lipinski definition) is 6. The van der Waals surface area contributed by atoms with Crippen molar-refractivity contribution in [3.8, 4) is 11.8 Å². The molecule has 0 spiro atoms. The first-order valence-corrected chi connectivity index (χ1v) is 9.77. The number of nitrogens with one attached hydrogen (secondary N) is 1. The molecule has 0 aromatic carbocycles. The Morgan fingerprint density at radius 2 is 1.86 bits per heavy atom. The highest BCUT2D eigenvalue weighted by molar-refractivity contribution is 5.84. The van der Waals surface area contributed by atoms with E-state index in [9.17, 15) is 14.4 Å². The Morgan fingerprint density at radius 1 is 1.14 bits per heavy atom. The summed E-state index contributed by atoms with van der Waals surface area (Å²) in [6.45, 7) is 5.67. The third kappa shape index (κ3) is 3.02. The van der Waals surface area contributed by atoms with Crippen LogP contribution in [-0.2, 0) is 18.4 Å². The van der Waals surface area contributed by atoms with Crippen LogP contribution in [0, 0.1) is 11.8 Å². The molecular weight excluding hydrogens is 374 g/mol. The quantitative estimate of drug-likeness (QED) is 0.647. The first-order valence-electron chi connectivity index (χ1n) is 9.77. The molecule has 4 heterocycles. The van der Waals surface area contributed by atoms with Gasteiger partial charge in [-0.2, -0.15) is 4.98 Å². The first-order chi connectivity index (χ1) is 14.0. The summed E-state index contributed by atoms with van der Waals surface area (Å²) >= 11 is 0. The van der Waals surface area contributed by atoms with Gasteiger partial charge in [0.25, 0.3) is 5.56 Å². The monoisotopic (exact) mass is 399 g/mol. The third-order valence-corrected chi connectivity index (χ3v) is 5.68. The van der Waals surface area contributed by atoms with E-state index >= 15 is 0 Å². The largest absolute Gasteiger partial charge is 0.344 e. The number of anilines is 1. The second-order valence-electron chi connectivity index (χ2n) is 7.41. The molecule has 10 heteroatoms. The van der Waals surface area contributed by atoms with E-state index in [4.69, 9.17) is 4.98 Å². The summed E-state index contributed by atoms with van der Waals surface area (Å²) in [7, 11) is 3.16. The zero-order valence-electron chi connectivity index (χ0n) is 16.9. The summed E-state index contributed by atoms with van der Waals surface area (Å²) in [5.41, 5.74) is -0.370. The molecule has 1 atom stereocenters. The van der Waals surface area contributed by atoms with Gasteiger partial charge in [0, 0.05) is 46.8 Å². The molecule has 0 radical (unpaired) electrons. The zero-order valence-corrected chi connectivity index (χ0v) is 16.9. The highest BCUT2D eigenvalue weighted by Gasteiger charge is 2.35. The van der Waals surface area contributed by atoms with Crippen LogP contribution in [-0.4, -0.2) is 69.3 Å². The lowest BCUT2D eigenvalue weighted by atomic mass is 10.2. The van der Waals surface area contributed by atoms with E-state index in [0.717, 1.165) is 30.7 Å². The molecule has 4 rings (SSSR count). The number of likely N-dealkylation sites (N-methyl/N-ethyl adjacent to an activating group) is 1. The van der Waals surface area contributed by atoms with Crippen molar-refractivity contribution in [3.05, 3.63) is 20.8 Å². The lowest BCUT2D eigenvalue weighted by Crippen LogP contribution is -2.44. The maximum atomic E-state index is 13.1. The van der Waals surface area contributed by atoms with Crippen molar-refractivity contribution in [1.29, 1.82) is 0 Å². The maximum Gasteiger partial charge on any atom is 0.333 e. The molecule has 2 aliphatic rings. The highest BCUT2D eigenvalue weighted by Crippen LogP contribution is 2.26. The standard InChI is InChI=1S/C19H25N7O3/c1-4-5-9-25-14-15(21-18(25)24-11-7-20-8-12-24)26(19(29)23(3)17(14)28)13-6-10-22(2)16(13)27/h13,20H,6-12H2,1-3H3. The second-order valence-corrected chi connectivity index (χ2v) is 7.41. The van der Waals surface area contributed by atoms with Gasteiger partial charge in [0.05, 0.1) is 6.54 Å². The van der Waals surface area contributed by atoms with Crippen LogP contribution in [0.15, 0.2) is 9.59 Å². The van der Waals surface area contributed by atoms with Crippen molar-refractivity contribution in [1.82, 2.24) is 28.9 Å². The molecule has 0 bridgehead atoms. The van der Waals surface area contributed by atoms with E-state index in [-0.39, 0.29) is 18.1 Å². The Balaban J connectivity index is 2.02. The predicted octanol–water partition coefficient (Wildman–Crippen LogP) is -1.27. The maximum absolute atomic E-state index is 13.1. The molecule has 0 saturated carbocycles. The van der Waals surface area contributed by atoms with Crippen molar-refractivity contribution in [3.63, 3.8) is 0 Å². The Bertz CT molecular complexity index is 1140. The number of likely N-dealkylation sites (tertiary alicyclic amines) is 1. The summed E-state index contributed by atoms with van der Waals surface area (Å²) in [5, 5.41) is 3.30. The van der Waals surface area contributed by atoms with Gasteiger partial charge < -0.3 is 15.1 Å². The molecule has 2 fully saturated rings. The molecule has 0 aliphatic carbocycles. The lowest BCUT2D eigenvalue weighted by Gasteiger charge is -2.28. The minimum Gasteiger partial charge on any atom is -0.344 e. The molecule has 10 nitrogen and oxygen atoms in total. The Hall–Kier alpha value is -3.06. The number of nitrogens with zero attached hydrogens (tertiary/aromatic N) is 6. The molecule has 2 aromatic rings. The Morgan fingerprint density at radius 3 is 2.48 bits per heavy atom. The molecule has 2 aromatic heterocycles. The van der Waals surface area contributed by atoms with Crippen LogP contribution in [0.1, 0.15) is 19.4 Å². The van der Waals surface area contributed by atoms with Crippen LogP contribution in [0.2, 0.25) is 0 Å². The summed E-state index contributed by atoms with van der Waals surface area (Å²) in [6.07, 6.45) is 0.507. The fourth-order valence-electron chi connectivity index (χ4n) is 4.04. The van der Waals surface area contributed by atoms with E-state index in [2.05, 4.69) is 22.1 Å². The van der Waals surface area contributed by atoms with Crippen LogP contribution in [0.3, 0.4) is 0 Å². The molecule has 154 valence electrons. The van der Waals surface area contributed by atoms with Crippen LogP contribution >= 0.6 is 0 Å². The third-order valence-electron chi connectivity index (χ3n) is 5.68. The van der Waals surface area contributed by atoms with Crippen molar-refractivity contribution in [2.24, 2.45) is 7.05 Å². The molecule has 1 amide bonds. The number of carbonyl (C=O) groups excluding carboxylic acids is 1. The van der Waals surface area contributed by atoms with Gasteiger partial charge in [0.2, 0.25) is 11.9 Å². The average molecular weight is 399 g/mol. The first kappa shape index (κ1) is 19.3. The summed E-state index contributed by atoms with van der Waals surface area (Å²) in [5.74, 6) is 6.34. The topological polar surface area (TPSA) is 97.4 Å². The molecule has 29 heavy (non-hydrogen) atoms. The number of imidazole rings is 1. The average Bonchev–Trinajstić information content (AvgIpc) is 3.27. The number of piperazine rings is 1. The Kier molecular flexibility index (Phi) is 4.92. The van der Waals surface area contributed by atoms with Crippen LogP contribution in [0.25, 0.3) is 11.2 Å². The Labute approximate surface area is 167 Å². The summed E-state index contributed by atoms with van der Waals surface area (Å²) < 4.78 is 4.23. The summed E-state index contributed by atoms with van der Waals surface area (Å²) in [6, 6.07) is -0.654. The second kappa shape index (κ2) is 7.40. The minimum absolute atomic E-state index is 0.140. The van der Waals surface area contributed by atoms with Gasteiger partial charge in [-0.1, -0.05) is 5.92 Å². The van der Waals surface area contributed by atoms with Gasteiger partial charge in [-0.15, -0.1) is 5.92 Å². The molecule has 2 aliphatic heterocycles. The van der Waals surface area contributed by atoms with Gasteiger partial charge in [-0.05, 0) is 13.3 Å². The van der Waals surface area contributed by atoms with E-state index in [1.807, 2.05) is 0 Å². The van der Waals surface area contributed by atoms with Crippen LogP contribution < -0.4 is 21.5 Å². The number of carbonyl (C=O) groups is 1. The molecule has 1 unspecified atom stereocenters. The zero-order chi connectivity index (χ0) is 20.7. The number of hydrogen-bond donors (Lipinski definition) is 1. The van der Waals surface area contributed by atoms with E-state index in [0.29, 0.717) is 24.4 Å². The van der Waals surface area contributed by atoms with E-state index in [1.54, 1.807) is 23.4 Å². The van der Waals surface area contributed by atoms with Crippen molar-refractivity contribution >= 4 is 23.0 Å². The van der Waals surface area contributed by atoms with Crippen molar-refractivity contribution in [2.45, 2.75) is 25.9 Å². The highest BCUT2D eigenvalue weighted by atomic mass is 16.2. The predicted molar refractivity (Wildman–Crippen MR) is 109 cm³/mol. The van der Waals surface area contributed by atoms with Crippen molar-refractivity contribution in [2.75, 3.05) is 44.7 Å².